The second kappa shape index (κ2) is 9.84. The van der Waals surface area contributed by atoms with E-state index in [1.165, 1.54) is 0 Å². The summed E-state index contributed by atoms with van der Waals surface area (Å²) in [6.45, 7) is 1.38. The lowest BCUT2D eigenvalue weighted by molar-refractivity contribution is 0.0348. The van der Waals surface area contributed by atoms with Gasteiger partial charge in [0.25, 0.3) is 0 Å². The molecule has 0 atom stereocenters. The fraction of sp³-hybridized carbons (Fsp3) is 0.444. The lowest BCUT2D eigenvalue weighted by Crippen LogP contribution is -2.28. The summed E-state index contributed by atoms with van der Waals surface area (Å²) in [7, 11) is 0.209. The largest absolute Gasteiger partial charge is 0.394 e. The fourth-order valence-electron chi connectivity index (χ4n) is 2.60. The summed E-state index contributed by atoms with van der Waals surface area (Å²) in [6, 6.07) is 10.9. The molecular formula is C18H26N2O5S. The van der Waals surface area contributed by atoms with Gasteiger partial charge in [-0.25, -0.2) is 13.1 Å². The van der Waals surface area contributed by atoms with Gasteiger partial charge in [0, 0.05) is 37.1 Å². The molecule has 0 radical (unpaired) electrons. The zero-order valence-electron chi connectivity index (χ0n) is 15.1. The highest BCUT2D eigenvalue weighted by atomic mass is 32.2. The molecule has 0 bridgehead atoms. The molecule has 0 aliphatic rings. The predicted octanol–water partition coefficient (Wildman–Crippen LogP) is 1.21. The Morgan fingerprint density at radius 1 is 0.962 bits per heavy atom. The van der Waals surface area contributed by atoms with Gasteiger partial charge in [0.15, 0.2) is 0 Å². The van der Waals surface area contributed by atoms with Gasteiger partial charge in [-0.3, -0.25) is 0 Å². The minimum atomic E-state index is -3.64. The van der Waals surface area contributed by atoms with Gasteiger partial charge < -0.3 is 19.5 Å². The molecule has 0 aromatic heterocycles. The van der Waals surface area contributed by atoms with Crippen LogP contribution in [0.25, 0.3) is 10.8 Å². The van der Waals surface area contributed by atoms with E-state index >= 15 is 0 Å². The number of hydrogen-bond acceptors (Lipinski definition) is 6. The number of ether oxygens (including phenoxy) is 2. The molecule has 7 nitrogen and oxygen atoms in total. The zero-order valence-corrected chi connectivity index (χ0v) is 16.0. The van der Waals surface area contributed by atoms with Crippen molar-refractivity contribution in [3.8, 4) is 0 Å². The van der Waals surface area contributed by atoms with Crippen LogP contribution in [0.2, 0.25) is 0 Å². The van der Waals surface area contributed by atoms with E-state index in [4.69, 9.17) is 14.6 Å². The second-order valence-corrected chi connectivity index (χ2v) is 7.60. The molecule has 2 aromatic carbocycles. The van der Waals surface area contributed by atoms with Gasteiger partial charge in [0.1, 0.15) is 0 Å². The van der Waals surface area contributed by atoms with Crippen LogP contribution < -0.4 is 9.62 Å². The first-order valence-electron chi connectivity index (χ1n) is 8.42. The molecule has 8 heteroatoms. The Labute approximate surface area is 154 Å². The maximum absolute atomic E-state index is 12.7. The number of fused-ring (bicyclic) bond motifs is 1. The Morgan fingerprint density at radius 3 is 2.31 bits per heavy atom. The summed E-state index contributed by atoms with van der Waals surface area (Å²) >= 11 is 0. The van der Waals surface area contributed by atoms with Crippen molar-refractivity contribution in [1.82, 2.24) is 4.72 Å². The molecule has 0 saturated carbocycles. The first-order chi connectivity index (χ1) is 12.5. The number of aliphatic hydroxyl groups is 1. The Hall–Kier alpha value is -1.71. The van der Waals surface area contributed by atoms with Crippen molar-refractivity contribution in [2.45, 2.75) is 4.90 Å². The van der Waals surface area contributed by atoms with E-state index in [0.29, 0.717) is 18.6 Å². The van der Waals surface area contributed by atoms with E-state index in [0.717, 1.165) is 11.1 Å². The number of nitrogens with one attached hydrogen (secondary N) is 1. The van der Waals surface area contributed by atoms with Gasteiger partial charge >= 0.3 is 0 Å². The van der Waals surface area contributed by atoms with Gasteiger partial charge in [0.05, 0.1) is 37.9 Å². The van der Waals surface area contributed by atoms with Crippen molar-refractivity contribution in [2.24, 2.45) is 0 Å². The molecule has 144 valence electrons. The molecular weight excluding hydrogens is 356 g/mol. The third-order valence-electron chi connectivity index (χ3n) is 3.78. The van der Waals surface area contributed by atoms with Crippen LogP contribution in [-0.2, 0) is 19.5 Å². The number of nitrogens with zero attached hydrogens (tertiary/aromatic N) is 1. The van der Waals surface area contributed by atoms with Crippen LogP contribution in [0.1, 0.15) is 0 Å². The Bertz CT molecular complexity index is 808. The monoisotopic (exact) mass is 382 g/mol. The van der Waals surface area contributed by atoms with Crippen LogP contribution >= 0.6 is 0 Å². The number of anilines is 1. The first-order valence-corrected chi connectivity index (χ1v) is 9.91. The highest BCUT2D eigenvalue weighted by Crippen LogP contribution is 2.29. The number of rotatable bonds is 11. The Kier molecular flexibility index (Phi) is 7.80. The van der Waals surface area contributed by atoms with E-state index in [-0.39, 0.29) is 31.3 Å². The van der Waals surface area contributed by atoms with Gasteiger partial charge in [0.2, 0.25) is 10.0 Å². The topological polar surface area (TPSA) is 88.1 Å². The van der Waals surface area contributed by atoms with Crippen molar-refractivity contribution >= 4 is 26.5 Å². The van der Waals surface area contributed by atoms with E-state index in [9.17, 15) is 8.42 Å². The smallest absolute Gasteiger partial charge is 0.241 e. The molecule has 0 unspecified atom stereocenters. The van der Waals surface area contributed by atoms with Gasteiger partial charge in [-0.05, 0) is 12.1 Å². The minimum absolute atomic E-state index is 0.0274. The average molecular weight is 382 g/mol. The van der Waals surface area contributed by atoms with Crippen molar-refractivity contribution in [2.75, 3.05) is 58.6 Å². The van der Waals surface area contributed by atoms with Crippen molar-refractivity contribution in [3.05, 3.63) is 36.4 Å². The average Bonchev–Trinajstić information content (AvgIpc) is 2.62. The lowest BCUT2D eigenvalue weighted by atomic mass is 10.1. The molecule has 0 heterocycles. The normalized spacial score (nSPS) is 11.8. The molecule has 26 heavy (non-hydrogen) atoms. The van der Waals surface area contributed by atoms with Crippen LogP contribution in [0, 0.1) is 0 Å². The van der Waals surface area contributed by atoms with E-state index in [2.05, 4.69) is 4.72 Å². The van der Waals surface area contributed by atoms with E-state index in [1.807, 2.05) is 43.3 Å². The molecule has 0 amide bonds. The highest BCUT2D eigenvalue weighted by Gasteiger charge is 2.17. The number of benzene rings is 2. The van der Waals surface area contributed by atoms with Crippen LogP contribution in [0.15, 0.2) is 41.3 Å². The predicted molar refractivity (Wildman–Crippen MR) is 102 cm³/mol. The summed E-state index contributed by atoms with van der Waals surface area (Å²) < 4.78 is 38.3. The van der Waals surface area contributed by atoms with Crippen molar-refractivity contribution < 1.29 is 23.0 Å². The summed E-state index contributed by atoms with van der Waals surface area (Å²) in [5.41, 5.74) is 0.964. The maximum atomic E-state index is 12.7. The molecule has 0 fully saturated rings. The SMILES string of the molecule is CN(C)c1cccc2c(S(=O)(=O)NCCOCCOCCO)cccc12. The molecule has 2 rings (SSSR count). The van der Waals surface area contributed by atoms with Crippen molar-refractivity contribution in [1.29, 1.82) is 0 Å². The Balaban J connectivity index is 2.02. The quantitative estimate of drug-likeness (QED) is 0.568. The fourth-order valence-corrected chi connectivity index (χ4v) is 3.83. The summed E-state index contributed by atoms with van der Waals surface area (Å²) in [5, 5.41) is 10.2. The van der Waals surface area contributed by atoms with Crippen molar-refractivity contribution in [3.63, 3.8) is 0 Å². The van der Waals surface area contributed by atoms with Gasteiger partial charge in [-0.2, -0.15) is 0 Å². The first kappa shape index (κ1) is 20.6. The summed E-state index contributed by atoms with van der Waals surface area (Å²) in [6.07, 6.45) is 0. The molecule has 0 aliphatic heterocycles. The van der Waals surface area contributed by atoms with Gasteiger partial charge in [-0.15, -0.1) is 0 Å². The van der Waals surface area contributed by atoms with Crippen LogP contribution in [0.3, 0.4) is 0 Å². The molecule has 0 spiro atoms. The summed E-state index contributed by atoms with van der Waals surface area (Å²) in [4.78, 5) is 2.21. The third-order valence-corrected chi connectivity index (χ3v) is 5.30. The summed E-state index contributed by atoms with van der Waals surface area (Å²) in [5.74, 6) is 0. The maximum Gasteiger partial charge on any atom is 0.241 e. The van der Waals surface area contributed by atoms with Crippen LogP contribution in [-0.4, -0.2) is 67.2 Å². The standard InChI is InChI=1S/C18H26N2O5S/c1-20(2)17-7-3-6-16-15(17)5-4-8-18(16)26(22,23)19-9-11-24-13-14-25-12-10-21/h3-8,19,21H,9-14H2,1-2H3. The van der Waals surface area contributed by atoms with Crippen LogP contribution in [0.4, 0.5) is 5.69 Å². The molecule has 0 saturated heterocycles. The number of aliphatic hydroxyl groups excluding tert-OH is 1. The van der Waals surface area contributed by atoms with Gasteiger partial charge in [-0.1, -0.05) is 24.3 Å². The molecule has 2 aromatic rings. The number of sulfonamides is 1. The Morgan fingerprint density at radius 2 is 1.62 bits per heavy atom. The number of hydrogen-bond donors (Lipinski definition) is 2. The van der Waals surface area contributed by atoms with E-state index in [1.54, 1.807) is 12.1 Å². The lowest BCUT2D eigenvalue weighted by Gasteiger charge is -2.17. The van der Waals surface area contributed by atoms with Crippen LogP contribution in [0.5, 0.6) is 0 Å². The third kappa shape index (κ3) is 5.39. The second-order valence-electron chi connectivity index (χ2n) is 5.87. The molecule has 2 N–H and O–H groups in total. The zero-order chi connectivity index (χ0) is 19.0. The molecule has 0 aliphatic carbocycles. The van der Waals surface area contributed by atoms with E-state index < -0.39 is 10.0 Å². The highest BCUT2D eigenvalue weighted by molar-refractivity contribution is 7.89. The minimum Gasteiger partial charge on any atom is -0.394 e.